The van der Waals surface area contributed by atoms with Crippen LogP contribution in [0, 0.1) is 5.92 Å². The van der Waals surface area contributed by atoms with E-state index in [1.165, 1.54) is 0 Å². The van der Waals surface area contributed by atoms with Crippen LogP contribution >= 0.6 is 0 Å². The van der Waals surface area contributed by atoms with Crippen molar-refractivity contribution in [2.24, 2.45) is 5.92 Å². The summed E-state index contributed by atoms with van der Waals surface area (Å²) in [5.74, 6) is 1.09. The van der Waals surface area contributed by atoms with Crippen LogP contribution in [-0.4, -0.2) is 60.5 Å². The van der Waals surface area contributed by atoms with E-state index in [-0.39, 0.29) is 5.54 Å². The molecule has 0 atom stereocenters. The third-order valence-corrected chi connectivity index (χ3v) is 4.50. The fourth-order valence-corrected chi connectivity index (χ4v) is 2.96. The average molecular weight is 253 g/mol. The van der Waals surface area contributed by atoms with E-state index in [1.807, 2.05) is 0 Å². The number of nitrogens with zero attached hydrogens (tertiary/aromatic N) is 2. The van der Waals surface area contributed by atoms with E-state index >= 15 is 0 Å². The average Bonchev–Trinajstić information content (AvgIpc) is 2.40. The summed E-state index contributed by atoms with van der Waals surface area (Å²) in [5.41, 5.74) is -0.345. The van der Waals surface area contributed by atoms with Crippen LogP contribution in [0.25, 0.3) is 0 Å². The predicted octanol–water partition coefficient (Wildman–Crippen LogP) is 0.929. The van der Waals surface area contributed by atoms with Gasteiger partial charge in [0.15, 0.2) is 0 Å². The lowest BCUT2D eigenvalue weighted by atomic mass is 9.94. The lowest BCUT2D eigenvalue weighted by Crippen LogP contribution is -2.61. The Morgan fingerprint density at radius 1 is 1.11 bits per heavy atom. The van der Waals surface area contributed by atoms with Gasteiger partial charge in [-0.3, -0.25) is 9.69 Å². The summed E-state index contributed by atoms with van der Waals surface area (Å²) in [4.78, 5) is 17.1. The Balaban J connectivity index is 1.97. The first kappa shape index (κ1) is 13.8. The predicted molar refractivity (Wildman–Crippen MR) is 73.5 cm³/mol. The van der Waals surface area contributed by atoms with Crippen LogP contribution in [0.2, 0.25) is 0 Å². The molecule has 2 saturated heterocycles. The van der Waals surface area contributed by atoms with Crippen LogP contribution < -0.4 is 5.32 Å². The smallest absolute Gasteiger partial charge is 0.242 e. The molecule has 4 nitrogen and oxygen atoms in total. The molecule has 0 aromatic rings. The highest BCUT2D eigenvalue weighted by molar-refractivity contribution is 5.85. The molecule has 0 aliphatic carbocycles. The summed E-state index contributed by atoms with van der Waals surface area (Å²) in [6.45, 7) is 12.3. The molecule has 0 spiro atoms. The molecule has 0 bridgehead atoms. The van der Waals surface area contributed by atoms with Crippen LogP contribution in [-0.2, 0) is 4.79 Å². The van der Waals surface area contributed by atoms with Gasteiger partial charge in [0.1, 0.15) is 0 Å². The van der Waals surface area contributed by atoms with Crippen molar-refractivity contribution in [3.63, 3.8) is 0 Å². The quantitative estimate of drug-likeness (QED) is 0.795. The van der Waals surface area contributed by atoms with Crippen molar-refractivity contribution < 1.29 is 4.79 Å². The Morgan fingerprint density at radius 3 is 2.22 bits per heavy atom. The highest BCUT2D eigenvalue weighted by atomic mass is 16.2. The summed E-state index contributed by atoms with van der Waals surface area (Å²) in [6, 6.07) is 0. The third-order valence-electron chi connectivity index (χ3n) is 4.50. The summed E-state index contributed by atoms with van der Waals surface area (Å²) in [7, 11) is 0. The van der Waals surface area contributed by atoms with Gasteiger partial charge in [-0.25, -0.2) is 0 Å². The van der Waals surface area contributed by atoms with Crippen molar-refractivity contribution in [1.29, 1.82) is 0 Å². The lowest BCUT2D eigenvalue weighted by molar-refractivity contribution is -0.144. The van der Waals surface area contributed by atoms with Gasteiger partial charge >= 0.3 is 0 Å². The van der Waals surface area contributed by atoms with Crippen LogP contribution in [0.1, 0.15) is 33.6 Å². The van der Waals surface area contributed by atoms with Crippen molar-refractivity contribution in [3.05, 3.63) is 0 Å². The second-order valence-corrected chi connectivity index (χ2v) is 6.27. The molecule has 0 saturated carbocycles. The van der Waals surface area contributed by atoms with Crippen LogP contribution in [0.3, 0.4) is 0 Å². The molecule has 18 heavy (non-hydrogen) atoms. The van der Waals surface area contributed by atoms with Gasteiger partial charge in [0.25, 0.3) is 0 Å². The van der Waals surface area contributed by atoms with Crippen molar-refractivity contribution in [3.8, 4) is 0 Å². The Kier molecular flexibility index (Phi) is 4.28. The maximum absolute atomic E-state index is 12.7. The van der Waals surface area contributed by atoms with E-state index in [0.29, 0.717) is 5.91 Å². The third kappa shape index (κ3) is 2.86. The first-order chi connectivity index (χ1) is 8.51. The molecular formula is C14H27N3O. The number of nitrogens with one attached hydrogen (secondary N) is 1. The topological polar surface area (TPSA) is 35.6 Å². The number of piperidine rings is 1. The van der Waals surface area contributed by atoms with Gasteiger partial charge in [0.2, 0.25) is 5.91 Å². The largest absolute Gasteiger partial charge is 0.341 e. The highest BCUT2D eigenvalue weighted by Gasteiger charge is 2.38. The molecule has 2 heterocycles. The zero-order chi connectivity index (χ0) is 13.2. The number of likely N-dealkylation sites (tertiary alicyclic amines) is 1. The molecule has 2 fully saturated rings. The number of amides is 1. The molecule has 0 radical (unpaired) electrons. The van der Waals surface area contributed by atoms with Crippen LogP contribution in [0.5, 0.6) is 0 Å². The van der Waals surface area contributed by atoms with Crippen LogP contribution in [0.4, 0.5) is 0 Å². The molecule has 0 aromatic carbocycles. The molecule has 104 valence electrons. The normalized spacial score (nSPS) is 24.3. The molecule has 1 amide bonds. The first-order valence-corrected chi connectivity index (χ1v) is 7.27. The Bertz CT molecular complexity index is 289. The van der Waals surface area contributed by atoms with Gasteiger partial charge < -0.3 is 10.2 Å². The maximum Gasteiger partial charge on any atom is 0.242 e. The standard InChI is InChI=1S/C14H27N3O/c1-12-4-8-16(9-5-12)13(18)14(2,3)17-10-6-15-7-11-17/h12,15H,4-11H2,1-3H3. The van der Waals surface area contributed by atoms with E-state index in [4.69, 9.17) is 0 Å². The first-order valence-electron chi connectivity index (χ1n) is 7.27. The second-order valence-electron chi connectivity index (χ2n) is 6.27. The molecule has 0 unspecified atom stereocenters. The summed E-state index contributed by atoms with van der Waals surface area (Å²) >= 11 is 0. The molecule has 2 aliphatic rings. The van der Waals surface area contributed by atoms with Gasteiger partial charge in [-0.1, -0.05) is 6.92 Å². The Morgan fingerprint density at radius 2 is 1.67 bits per heavy atom. The molecule has 4 heteroatoms. The van der Waals surface area contributed by atoms with Gasteiger partial charge in [-0.2, -0.15) is 0 Å². The van der Waals surface area contributed by atoms with Crippen molar-refractivity contribution >= 4 is 5.91 Å². The zero-order valence-electron chi connectivity index (χ0n) is 12.0. The van der Waals surface area contributed by atoms with Crippen LogP contribution in [0.15, 0.2) is 0 Å². The number of piperazine rings is 1. The second kappa shape index (κ2) is 5.57. The number of hydrogen-bond donors (Lipinski definition) is 1. The van der Waals surface area contributed by atoms with Crippen molar-refractivity contribution in [2.45, 2.75) is 39.2 Å². The number of hydrogen-bond acceptors (Lipinski definition) is 3. The Hall–Kier alpha value is -0.610. The summed E-state index contributed by atoms with van der Waals surface area (Å²) in [6.07, 6.45) is 2.31. The fraction of sp³-hybridized carbons (Fsp3) is 0.929. The number of carbonyl (C=O) groups excluding carboxylic acids is 1. The minimum absolute atomic E-state index is 0.316. The fourth-order valence-electron chi connectivity index (χ4n) is 2.96. The molecule has 0 aromatic heterocycles. The van der Waals surface area contributed by atoms with E-state index < -0.39 is 0 Å². The molecule has 1 N–H and O–H groups in total. The van der Waals surface area contributed by atoms with Crippen molar-refractivity contribution in [1.82, 2.24) is 15.1 Å². The summed E-state index contributed by atoms with van der Waals surface area (Å²) < 4.78 is 0. The van der Waals surface area contributed by atoms with Gasteiger partial charge in [-0.05, 0) is 32.6 Å². The minimum Gasteiger partial charge on any atom is -0.341 e. The summed E-state index contributed by atoms with van der Waals surface area (Å²) in [5, 5.41) is 3.34. The van der Waals surface area contributed by atoms with E-state index in [1.54, 1.807) is 0 Å². The number of rotatable bonds is 2. The lowest BCUT2D eigenvalue weighted by Gasteiger charge is -2.43. The van der Waals surface area contributed by atoms with E-state index in [0.717, 1.165) is 58.0 Å². The van der Waals surface area contributed by atoms with E-state index in [9.17, 15) is 4.79 Å². The zero-order valence-corrected chi connectivity index (χ0v) is 12.0. The van der Waals surface area contributed by atoms with E-state index in [2.05, 4.69) is 35.9 Å². The van der Waals surface area contributed by atoms with Gasteiger partial charge in [-0.15, -0.1) is 0 Å². The molecule has 2 aliphatic heterocycles. The minimum atomic E-state index is -0.345. The molecule has 2 rings (SSSR count). The SMILES string of the molecule is CC1CCN(C(=O)C(C)(C)N2CCNCC2)CC1. The van der Waals surface area contributed by atoms with Crippen molar-refractivity contribution in [2.75, 3.05) is 39.3 Å². The Labute approximate surface area is 111 Å². The maximum atomic E-state index is 12.7. The molecular weight excluding hydrogens is 226 g/mol. The van der Waals surface area contributed by atoms with Gasteiger partial charge in [0.05, 0.1) is 5.54 Å². The van der Waals surface area contributed by atoms with Gasteiger partial charge in [0, 0.05) is 39.3 Å². The monoisotopic (exact) mass is 253 g/mol. The number of carbonyl (C=O) groups is 1. The highest BCUT2D eigenvalue weighted by Crippen LogP contribution is 2.23.